The highest BCUT2D eigenvalue weighted by Crippen LogP contribution is 2.45. The van der Waals surface area contributed by atoms with E-state index in [1.807, 2.05) is 18.2 Å². The Balaban J connectivity index is 1.01. The number of nitrogen functional groups attached to an aromatic ring is 1. The first-order chi connectivity index (χ1) is 15.3. The fraction of sp³-hybridized carbons (Fsp3) is 0.370. The summed E-state index contributed by atoms with van der Waals surface area (Å²) in [6.45, 7) is 4.81. The lowest BCUT2D eigenvalue weighted by Crippen LogP contribution is -2.33. The molecule has 5 rings (SSSR count). The van der Waals surface area contributed by atoms with E-state index in [1.54, 1.807) is 0 Å². The van der Waals surface area contributed by atoms with Crippen LogP contribution in [0.2, 0.25) is 0 Å². The SMILES string of the molecule is Nc1cccc(-c2ccc(CCN3CC4C(C3)C4NCCCc3ccccc3)cc2)n1. The molecule has 0 bridgehead atoms. The summed E-state index contributed by atoms with van der Waals surface area (Å²) in [6, 6.07) is 26.1. The highest BCUT2D eigenvalue weighted by atomic mass is 15.2. The summed E-state index contributed by atoms with van der Waals surface area (Å²) in [7, 11) is 0. The standard InChI is InChI=1S/C27H32N4/c28-26-10-4-9-25(30-26)22-13-11-21(12-14-22)15-17-31-18-23-24(19-31)27(23)29-16-5-8-20-6-2-1-3-7-20/h1-4,6-7,9-14,23-24,27,29H,5,8,15-19H2,(H2,28,30). The lowest BCUT2D eigenvalue weighted by molar-refractivity contribution is 0.293. The van der Waals surface area contributed by atoms with Crippen LogP contribution in [-0.2, 0) is 12.8 Å². The zero-order valence-electron chi connectivity index (χ0n) is 18.1. The van der Waals surface area contributed by atoms with E-state index in [0.717, 1.165) is 48.6 Å². The van der Waals surface area contributed by atoms with Gasteiger partial charge in [-0.25, -0.2) is 4.98 Å². The minimum Gasteiger partial charge on any atom is -0.384 e. The van der Waals surface area contributed by atoms with Gasteiger partial charge in [0.1, 0.15) is 5.82 Å². The summed E-state index contributed by atoms with van der Waals surface area (Å²) in [5.41, 5.74) is 10.7. The van der Waals surface area contributed by atoms with Crippen molar-refractivity contribution >= 4 is 5.82 Å². The van der Waals surface area contributed by atoms with E-state index in [2.05, 4.69) is 69.8 Å². The Hall–Kier alpha value is -2.69. The summed E-state index contributed by atoms with van der Waals surface area (Å²) in [4.78, 5) is 7.05. The van der Waals surface area contributed by atoms with Crippen LogP contribution in [0.3, 0.4) is 0 Å². The van der Waals surface area contributed by atoms with Gasteiger partial charge in [0, 0.05) is 31.2 Å². The summed E-state index contributed by atoms with van der Waals surface area (Å²) >= 11 is 0. The molecule has 0 amide bonds. The predicted octanol–water partition coefficient (Wildman–Crippen LogP) is 4.03. The van der Waals surface area contributed by atoms with Crippen molar-refractivity contribution in [3.05, 3.63) is 83.9 Å². The van der Waals surface area contributed by atoms with Crippen molar-refractivity contribution in [2.75, 3.05) is 31.9 Å². The molecule has 1 aliphatic heterocycles. The van der Waals surface area contributed by atoms with E-state index >= 15 is 0 Å². The van der Waals surface area contributed by atoms with Gasteiger partial charge in [-0.05, 0) is 60.9 Å². The molecule has 2 unspecified atom stereocenters. The van der Waals surface area contributed by atoms with Crippen molar-refractivity contribution in [2.24, 2.45) is 11.8 Å². The number of fused-ring (bicyclic) bond motifs is 1. The molecule has 2 fully saturated rings. The number of hydrogen-bond acceptors (Lipinski definition) is 4. The quantitative estimate of drug-likeness (QED) is 0.521. The number of anilines is 1. The lowest BCUT2D eigenvalue weighted by Gasteiger charge is -2.20. The van der Waals surface area contributed by atoms with Crippen LogP contribution in [0.1, 0.15) is 17.5 Å². The van der Waals surface area contributed by atoms with Gasteiger partial charge >= 0.3 is 0 Å². The highest BCUT2D eigenvalue weighted by Gasteiger charge is 2.54. The van der Waals surface area contributed by atoms with Gasteiger partial charge in [-0.2, -0.15) is 0 Å². The van der Waals surface area contributed by atoms with Crippen LogP contribution >= 0.6 is 0 Å². The van der Waals surface area contributed by atoms with Crippen LogP contribution in [0.5, 0.6) is 0 Å². The monoisotopic (exact) mass is 412 g/mol. The third kappa shape index (κ3) is 4.97. The minimum absolute atomic E-state index is 0.568. The molecule has 3 N–H and O–H groups in total. The summed E-state index contributed by atoms with van der Waals surface area (Å²) < 4.78 is 0. The van der Waals surface area contributed by atoms with Crippen molar-refractivity contribution in [2.45, 2.75) is 25.3 Å². The van der Waals surface area contributed by atoms with Gasteiger partial charge in [0.25, 0.3) is 0 Å². The highest BCUT2D eigenvalue weighted by molar-refractivity contribution is 5.61. The van der Waals surface area contributed by atoms with Crippen LogP contribution in [-0.4, -0.2) is 42.1 Å². The van der Waals surface area contributed by atoms with Crippen LogP contribution in [0.15, 0.2) is 72.8 Å². The Morgan fingerprint density at radius 1 is 0.839 bits per heavy atom. The van der Waals surface area contributed by atoms with Crippen molar-refractivity contribution in [3.8, 4) is 11.3 Å². The van der Waals surface area contributed by atoms with E-state index in [1.165, 1.54) is 37.1 Å². The van der Waals surface area contributed by atoms with Gasteiger partial charge in [-0.15, -0.1) is 0 Å². The maximum Gasteiger partial charge on any atom is 0.124 e. The summed E-state index contributed by atoms with van der Waals surface area (Å²) in [5, 5.41) is 3.81. The second-order valence-corrected chi connectivity index (χ2v) is 9.05. The van der Waals surface area contributed by atoms with Crippen LogP contribution in [0.4, 0.5) is 5.82 Å². The Bertz CT molecular complexity index is 974. The fourth-order valence-electron chi connectivity index (χ4n) is 5.05. The van der Waals surface area contributed by atoms with Gasteiger partial charge in [0.15, 0.2) is 0 Å². The minimum atomic E-state index is 0.568. The van der Waals surface area contributed by atoms with E-state index in [9.17, 15) is 0 Å². The van der Waals surface area contributed by atoms with Crippen LogP contribution < -0.4 is 11.1 Å². The van der Waals surface area contributed by atoms with Crippen molar-refractivity contribution < 1.29 is 0 Å². The average Bonchev–Trinajstić information content (AvgIpc) is 3.25. The average molecular weight is 413 g/mol. The van der Waals surface area contributed by atoms with Gasteiger partial charge in [0.05, 0.1) is 5.69 Å². The van der Waals surface area contributed by atoms with E-state index in [0.29, 0.717) is 5.82 Å². The van der Waals surface area contributed by atoms with Crippen molar-refractivity contribution in [1.82, 2.24) is 15.2 Å². The molecule has 31 heavy (non-hydrogen) atoms. The number of rotatable bonds is 9. The maximum atomic E-state index is 5.80. The summed E-state index contributed by atoms with van der Waals surface area (Å²) in [5.74, 6) is 2.31. The first-order valence-electron chi connectivity index (χ1n) is 11.6. The summed E-state index contributed by atoms with van der Waals surface area (Å²) in [6.07, 6.45) is 3.51. The van der Waals surface area contributed by atoms with E-state index < -0.39 is 0 Å². The molecule has 0 spiro atoms. The Labute approximate surface area is 185 Å². The number of nitrogens with zero attached hydrogens (tertiary/aromatic N) is 2. The number of hydrogen-bond donors (Lipinski definition) is 2. The molecule has 4 nitrogen and oxygen atoms in total. The molecule has 4 heteroatoms. The number of aromatic nitrogens is 1. The number of likely N-dealkylation sites (tertiary alicyclic amines) is 1. The molecular formula is C27H32N4. The Morgan fingerprint density at radius 3 is 2.32 bits per heavy atom. The molecular weight excluding hydrogens is 380 g/mol. The zero-order chi connectivity index (χ0) is 21.0. The predicted molar refractivity (Wildman–Crippen MR) is 128 cm³/mol. The Morgan fingerprint density at radius 2 is 1.58 bits per heavy atom. The second kappa shape index (κ2) is 9.21. The third-order valence-corrected chi connectivity index (χ3v) is 6.87. The molecule has 2 aromatic carbocycles. The zero-order valence-corrected chi connectivity index (χ0v) is 18.1. The van der Waals surface area contributed by atoms with Crippen LogP contribution in [0.25, 0.3) is 11.3 Å². The third-order valence-electron chi connectivity index (χ3n) is 6.87. The molecule has 160 valence electrons. The molecule has 1 saturated heterocycles. The molecule has 0 radical (unpaired) electrons. The molecule has 1 aromatic heterocycles. The van der Waals surface area contributed by atoms with Gasteiger partial charge < -0.3 is 16.0 Å². The van der Waals surface area contributed by atoms with Gasteiger partial charge in [-0.1, -0.05) is 60.7 Å². The number of nitrogens with one attached hydrogen (secondary N) is 1. The lowest BCUT2D eigenvalue weighted by atomic mass is 10.1. The first kappa shape index (κ1) is 20.2. The van der Waals surface area contributed by atoms with Gasteiger partial charge in [0.2, 0.25) is 0 Å². The van der Waals surface area contributed by atoms with E-state index in [-0.39, 0.29) is 0 Å². The Kier molecular flexibility index (Phi) is 6.01. The maximum absolute atomic E-state index is 5.80. The smallest absolute Gasteiger partial charge is 0.124 e. The topological polar surface area (TPSA) is 54.2 Å². The fourth-order valence-corrected chi connectivity index (χ4v) is 5.05. The molecule has 2 atom stereocenters. The normalized spacial score (nSPS) is 22.4. The molecule has 2 heterocycles. The van der Waals surface area contributed by atoms with Crippen LogP contribution in [0, 0.1) is 11.8 Å². The number of piperidine rings is 1. The molecule has 2 aliphatic rings. The van der Waals surface area contributed by atoms with Gasteiger partial charge in [-0.3, -0.25) is 0 Å². The second-order valence-electron chi connectivity index (χ2n) is 9.05. The molecule has 1 saturated carbocycles. The number of pyridine rings is 1. The molecule has 1 aliphatic carbocycles. The molecule has 3 aromatic rings. The van der Waals surface area contributed by atoms with Crippen molar-refractivity contribution in [1.29, 1.82) is 0 Å². The van der Waals surface area contributed by atoms with E-state index in [4.69, 9.17) is 5.73 Å². The number of aryl methyl sites for hydroxylation is 1. The van der Waals surface area contributed by atoms with Crippen molar-refractivity contribution in [3.63, 3.8) is 0 Å². The first-order valence-corrected chi connectivity index (χ1v) is 11.6. The number of benzene rings is 2. The largest absolute Gasteiger partial charge is 0.384 e. The number of nitrogens with two attached hydrogens (primary N) is 1.